The smallest absolute Gasteiger partial charge is 0.149 e. The van der Waals surface area contributed by atoms with Gasteiger partial charge in [0.05, 0.1) is 6.61 Å². The highest BCUT2D eigenvalue weighted by molar-refractivity contribution is 5.79. The summed E-state index contributed by atoms with van der Waals surface area (Å²) in [5.74, 6) is -0.613. The number of fused-ring (bicyclic) bond motifs is 1. The minimum Gasteiger partial charge on any atom is -0.395 e. The fraction of sp³-hybridized carbons (Fsp3) is 0.211. The van der Waals surface area contributed by atoms with Crippen LogP contribution in [-0.4, -0.2) is 22.7 Å². The quantitative estimate of drug-likeness (QED) is 0.730. The summed E-state index contributed by atoms with van der Waals surface area (Å²) in [7, 11) is 0. The monoisotopic (exact) mass is 328 g/mol. The van der Waals surface area contributed by atoms with E-state index in [1.807, 2.05) is 12.1 Å². The molecule has 124 valence electrons. The van der Waals surface area contributed by atoms with Crippen LogP contribution in [0.1, 0.15) is 11.1 Å². The molecule has 1 atom stereocenters. The van der Waals surface area contributed by atoms with Gasteiger partial charge in [0, 0.05) is 24.2 Å². The molecule has 3 aromatic rings. The van der Waals surface area contributed by atoms with E-state index in [1.165, 1.54) is 18.2 Å². The van der Waals surface area contributed by atoms with E-state index < -0.39 is 0 Å². The van der Waals surface area contributed by atoms with E-state index in [0.717, 1.165) is 16.5 Å². The highest BCUT2D eigenvalue weighted by Crippen LogP contribution is 2.16. The number of aromatic nitrogens is 1. The van der Waals surface area contributed by atoms with Gasteiger partial charge in [-0.2, -0.15) is 0 Å². The Kier molecular flexibility index (Phi) is 5.13. The van der Waals surface area contributed by atoms with Crippen molar-refractivity contribution < 1.29 is 13.9 Å². The molecule has 0 saturated carbocycles. The number of aliphatic hydroxyl groups excluding tert-OH is 1. The maximum Gasteiger partial charge on any atom is 0.149 e. The maximum absolute atomic E-state index is 13.6. The number of benzene rings is 2. The number of rotatable bonds is 6. The molecule has 0 aliphatic rings. The van der Waals surface area contributed by atoms with Crippen molar-refractivity contribution in [3.05, 3.63) is 77.5 Å². The second kappa shape index (κ2) is 7.47. The van der Waals surface area contributed by atoms with Crippen molar-refractivity contribution >= 4 is 10.9 Å². The van der Waals surface area contributed by atoms with Crippen LogP contribution in [0.2, 0.25) is 0 Å². The molecule has 5 heteroatoms. The van der Waals surface area contributed by atoms with Gasteiger partial charge >= 0.3 is 0 Å². The first-order valence-electron chi connectivity index (χ1n) is 7.77. The fourth-order valence-electron chi connectivity index (χ4n) is 2.63. The third-order valence-corrected chi connectivity index (χ3v) is 3.93. The van der Waals surface area contributed by atoms with Gasteiger partial charge in [-0.05, 0) is 41.8 Å². The third kappa shape index (κ3) is 3.93. The van der Waals surface area contributed by atoms with Crippen LogP contribution in [0.25, 0.3) is 10.9 Å². The Morgan fingerprint density at radius 3 is 2.58 bits per heavy atom. The second-order valence-corrected chi connectivity index (χ2v) is 5.75. The molecule has 1 heterocycles. The molecule has 24 heavy (non-hydrogen) atoms. The van der Waals surface area contributed by atoms with E-state index in [0.29, 0.717) is 18.5 Å². The number of nitrogens with zero attached hydrogens (tertiary/aromatic N) is 1. The van der Waals surface area contributed by atoms with Crippen molar-refractivity contribution in [1.82, 2.24) is 10.3 Å². The van der Waals surface area contributed by atoms with Gasteiger partial charge in [0.15, 0.2) is 0 Å². The number of hydrogen-bond acceptors (Lipinski definition) is 3. The Hall–Kier alpha value is -2.37. The molecule has 0 bridgehead atoms. The lowest BCUT2D eigenvalue weighted by Gasteiger charge is -2.16. The fourth-order valence-corrected chi connectivity index (χ4v) is 2.63. The molecule has 0 spiro atoms. The first-order valence-corrected chi connectivity index (χ1v) is 7.77. The van der Waals surface area contributed by atoms with Crippen LogP contribution in [0.15, 0.2) is 54.7 Å². The normalized spacial score (nSPS) is 12.5. The lowest BCUT2D eigenvalue weighted by molar-refractivity contribution is 0.241. The highest BCUT2D eigenvalue weighted by atomic mass is 19.1. The Labute approximate surface area is 139 Å². The largest absolute Gasteiger partial charge is 0.395 e. The standard InChI is InChI=1S/C19H18F2N2O/c20-16-6-4-13(5-7-16)9-17(12-24)22-10-14-8-15-2-1-3-18(21)19(15)23-11-14/h1-8,11,17,22,24H,9-10,12H2. The molecule has 2 N–H and O–H groups in total. The highest BCUT2D eigenvalue weighted by Gasteiger charge is 2.09. The van der Waals surface area contributed by atoms with Crippen LogP contribution in [0, 0.1) is 11.6 Å². The summed E-state index contributed by atoms with van der Waals surface area (Å²) < 4.78 is 26.6. The lowest BCUT2D eigenvalue weighted by Crippen LogP contribution is -2.34. The molecular weight excluding hydrogens is 310 g/mol. The van der Waals surface area contributed by atoms with E-state index in [9.17, 15) is 13.9 Å². The molecule has 0 amide bonds. The number of hydrogen-bond donors (Lipinski definition) is 2. The first kappa shape index (κ1) is 16.5. The van der Waals surface area contributed by atoms with Gasteiger partial charge in [0.25, 0.3) is 0 Å². The van der Waals surface area contributed by atoms with Crippen molar-refractivity contribution in [1.29, 1.82) is 0 Å². The zero-order valence-corrected chi connectivity index (χ0v) is 13.0. The average Bonchev–Trinajstić information content (AvgIpc) is 2.60. The van der Waals surface area contributed by atoms with Crippen LogP contribution in [0.5, 0.6) is 0 Å². The van der Waals surface area contributed by atoms with E-state index in [-0.39, 0.29) is 24.3 Å². The van der Waals surface area contributed by atoms with Crippen LogP contribution >= 0.6 is 0 Å². The summed E-state index contributed by atoms with van der Waals surface area (Å²) in [5.41, 5.74) is 2.21. The molecule has 0 radical (unpaired) electrons. The molecule has 0 aliphatic carbocycles. The number of para-hydroxylation sites is 1. The second-order valence-electron chi connectivity index (χ2n) is 5.75. The van der Waals surface area contributed by atoms with Crippen LogP contribution in [0.3, 0.4) is 0 Å². The molecule has 0 saturated heterocycles. The molecule has 0 aliphatic heterocycles. The van der Waals surface area contributed by atoms with Crippen molar-refractivity contribution in [3.63, 3.8) is 0 Å². The molecule has 1 unspecified atom stereocenters. The van der Waals surface area contributed by atoms with Crippen LogP contribution in [0.4, 0.5) is 8.78 Å². The minimum absolute atomic E-state index is 0.0347. The number of pyridine rings is 1. The number of aliphatic hydroxyl groups is 1. The SMILES string of the molecule is OCC(Cc1ccc(F)cc1)NCc1cnc2c(F)cccc2c1. The summed E-state index contributed by atoms with van der Waals surface area (Å²) in [4.78, 5) is 4.16. The summed E-state index contributed by atoms with van der Waals surface area (Å²) in [6.45, 7) is 0.471. The Morgan fingerprint density at radius 2 is 1.83 bits per heavy atom. The number of nitrogens with one attached hydrogen (secondary N) is 1. The van der Waals surface area contributed by atoms with Crippen LogP contribution in [-0.2, 0) is 13.0 Å². The van der Waals surface area contributed by atoms with Gasteiger partial charge in [0.2, 0.25) is 0 Å². The molecule has 1 aromatic heterocycles. The van der Waals surface area contributed by atoms with E-state index in [1.54, 1.807) is 24.4 Å². The van der Waals surface area contributed by atoms with Gasteiger partial charge < -0.3 is 10.4 Å². The van der Waals surface area contributed by atoms with E-state index >= 15 is 0 Å². The topological polar surface area (TPSA) is 45.1 Å². The summed E-state index contributed by atoms with van der Waals surface area (Å²) in [6, 6.07) is 12.8. The predicted molar refractivity (Wildman–Crippen MR) is 89.5 cm³/mol. The summed E-state index contributed by atoms with van der Waals surface area (Å²) >= 11 is 0. The molecule has 2 aromatic carbocycles. The molecule has 3 rings (SSSR count). The van der Waals surface area contributed by atoms with Crippen molar-refractivity contribution in [2.45, 2.75) is 19.0 Å². The zero-order valence-electron chi connectivity index (χ0n) is 13.0. The van der Waals surface area contributed by atoms with Gasteiger partial charge in [-0.25, -0.2) is 8.78 Å². The third-order valence-electron chi connectivity index (χ3n) is 3.93. The van der Waals surface area contributed by atoms with Crippen molar-refractivity contribution in [3.8, 4) is 0 Å². The Bertz CT molecular complexity index is 821. The van der Waals surface area contributed by atoms with Gasteiger partial charge in [0.1, 0.15) is 17.2 Å². The molecule has 3 nitrogen and oxygen atoms in total. The Morgan fingerprint density at radius 1 is 1.04 bits per heavy atom. The van der Waals surface area contributed by atoms with E-state index in [2.05, 4.69) is 10.3 Å². The minimum atomic E-state index is -0.337. The predicted octanol–water partition coefficient (Wildman–Crippen LogP) is 3.21. The Balaban J connectivity index is 1.65. The van der Waals surface area contributed by atoms with E-state index in [4.69, 9.17) is 0 Å². The molecular formula is C19H18F2N2O. The summed E-state index contributed by atoms with van der Waals surface area (Å²) in [5, 5.41) is 13.5. The molecule has 0 fully saturated rings. The number of halogens is 2. The van der Waals surface area contributed by atoms with Gasteiger partial charge in [-0.15, -0.1) is 0 Å². The van der Waals surface area contributed by atoms with Crippen LogP contribution < -0.4 is 5.32 Å². The lowest BCUT2D eigenvalue weighted by atomic mass is 10.1. The zero-order chi connectivity index (χ0) is 16.9. The van der Waals surface area contributed by atoms with Crippen molar-refractivity contribution in [2.75, 3.05) is 6.61 Å². The van der Waals surface area contributed by atoms with Crippen molar-refractivity contribution in [2.24, 2.45) is 0 Å². The first-order chi connectivity index (χ1) is 11.7. The van der Waals surface area contributed by atoms with Gasteiger partial charge in [-0.1, -0.05) is 24.3 Å². The summed E-state index contributed by atoms with van der Waals surface area (Å²) in [6.07, 6.45) is 2.22. The average molecular weight is 328 g/mol. The van der Waals surface area contributed by atoms with Gasteiger partial charge in [-0.3, -0.25) is 4.98 Å². The maximum atomic E-state index is 13.6.